The van der Waals surface area contributed by atoms with Crippen LogP contribution in [0.5, 0.6) is 0 Å². The van der Waals surface area contributed by atoms with Gasteiger partial charge >= 0.3 is 0 Å². The summed E-state index contributed by atoms with van der Waals surface area (Å²) in [5.41, 5.74) is 0.880. The maximum atomic E-state index is 12.7. The Bertz CT molecular complexity index is 669. The van der Waals surface area contributed by atoms with E-state index < -0.39 is 6.04 Å². The Morgan fingerprint density at radius 1 is 1.20 bits per heavy atom. The van der Waals surface area contributed by atoms with Crippen molar-refractivity contribution in [2.24, 2.45) is 5.92 Å². The molecule has 0 spiro atoms. The molecule has 7 heteroatoms. The number of nitrogens with one attached hydrogen (secondary N) is 1. The molecule has 0 aromatic heterocycles. The summed E-state index contributed by atoms with van der Waals surface area (Å²) in [5.74, 6) is -0.229. The Kier molecular flexibility index (Phi) is 5.39. The number of rotatable bonds is 4. The molecule has 0 saturated carbocycles. The topological polar surface area (TPSA) is 69.7 Å². The average Bonchev–Trinajstić information content (AvgIpc) is 2.91. The highest BCUT2D eigenvalue weighted by atomic mass is 35.5. The monoisotopic (exact) mass is 363 g/mol. The zero-order valence-corrected chi connectivity index (χ0v) is 15.0. The summed E-state index contributed by atoms with van der Waals surface area (Å²) in [6.07, 6.45) is 1.65. The molecule has 0 unspecified atom stereocenters. The zero-order chi connectivity index (χ0) is 18.0. The number of hydrogen-bond donors (Lipinski definition) is 1. The van der Waals surface area contributed by atoms with E-state index in [1.165, 1.54) is 4.90 Å². The SMILES string of the molecule is CNC(=O)C1CCN([C@H]2CC(=O)N(Cc3ccc(Cl)cc3)C2=O)CC1. The van der Waals surface area contributed by atoms with E-state index in [-0.39, 0.29) is 36.6 Å². The minimum absolute atomic E-state index is 0.00127. The van der Waals surface area contributed by atoms with Gasteiger partial charge in [-0.15, -0.1) is 0 Å². The standard InChI is InChI=1S/C18H22ClN3O3/c1-20-17(24)13-6-8-21(9-7-13)15-10-16(23)22(18(15)25)11-12-2-4-14(19)5-3-12/h2-5,13,15H,6-11H2,1H3,(H,20,24)/t15-/m0/s1. The molecule has 2 saturated heterocycles. The van der Waals surface area contributed by atoms with Crippen LogP contribution in [0.2, 0.25) is 5.02 Å². The highest BCUT2D eigenvalue weighted by Crippen LogP contribution is 2.26. The lowest BCUT2D eigenvalue weighted by molar-refractivity contribution is -0.140. The highest BCUT2D eigenvalue weighted by molar-refractivity contribution is 6.30. The molecule has 2 aliphatic heterocycles. The third kappa shape index (κ3) is 3.85. The van der Waals surface area contributed by atoms with Crippen molar-refractivity contribution in [1.29, 1.82) is 0 Å². The number of carbonyl (C=O) groups excluding carboxylic acids is 3. The predicted octanol–water partition coefficient (Wildman–Crippen LogP) is 1.43. The summed E-state index contributed by atoms with van der Waals surface area (Å²) in [4.78, 5) is 40.1. The number of hydrogen-bond acceptors (Lipinski definition) is 4. The van der Waals surface area contributed by atoms with Crippen LogP contribution in [-0.2, 0) is 20.9 Å². The van der Waals surface area contributed by atoms with Gasteiger partial charge in [0.15, 0.2) is 0 Å². The molecule has 3 rings (SSSR count). The summed E-state index contributed by atoms with van der Waals surface area (Å²) in [6.45, 7) is 1.60. The van der Waals surface area contributed by atoms with Crippen LogP contribution < -0.4 is 5.32 Å². The third-order valence-corrected chi connectivity index (χ3v) is 5.31. The number of likely N-dealkylation sites (tertiary alicyclic amines) is 2. The van der Waals surface area contributed by atoms with E-state index in [2.05, 4.69) is 5.32 Å². The lowest BCUT2D eigenvalue weighted by Crippen LogP contribution is -2.47. The van der Waals surface area contributed by atoms with Crippen LogP contribution in [0.25, 0.3) is 0 Å². The maximum absolute atomic E-state index is 12.7. The minimum atomic E-state index is -0.398. The smallest absolute Gasteiger partial charge is 0.247 e. The molecule has 2 heterocycles. The molecular weight excluding hydrogens is 342 g/mol. The van der Waals surface area contributed by atoms with Crippen molar-refractivity contribution in [3.63, 3.8) is 0 Å². The molecule has 0 aliphatic carbocycles. The van der Waals surface area contributed by atoms with Gasteiger partial charge in [0.05, 0.1) is 19.0 Å². The molecule has 25 heavy (non-hydrogen) atoms. The first-order chi connectivity index (χ1) is 12.0. The average molecular weight is 364 g/mol. The Balaban J connectivity index is 1.61. The summed E-state index contributed by atoms with van der Waals surface area (Å²) in [7, 11) is 1.64. The van der Waals surface area contributed by atoms with Crippen LogP contribution in [0.15, 0.2) is 24.3 Å². The number of halogens is 1. The van der Waals surface area contributed by atoms with Gasteiger partial charge in [-0.1, -0.05) is 23.7 Å². The van der Waals surface area contributed by atoms with Gasteiger partial charge in [-0.05, 0) is 43.6 Å². The van der Waals surface area contributed by atoms with Crippen LogP contribution >= 0.6 is 11.6 Å². The first-order valence-electron chi connectivity index (χ1n) is 8.54. The summed E-state index contributed by atoms with van der Waals surface area (Å²) in [5, 5.41) is 3.30. The molecule has 134 valence electrons. The molecule has 1 aromatic rings. The van der Waals surface area contributed by atoms with Gasteiger partial charge in [0.2, 0.25) is 17.7 Å². The molecule has 1 atom stereocenters. The van der Waals surface area contributed by atoms with Crippen LogP contribution in [0.1, 0.15) is 24.8 Å². The largest absolute Gasteiger partial charge is 0.359 e. The van der Waals surface area contributed by atoms with Crippen LogP contribution in [0.4, 0.5) is 0 Å². The third-order valence-electron chi connectivity index (χ3n) is 5.06. The highest BCUT2D eigenvalue weighted by Gasteiger charge is 2.43. The fourth-order valence-corrected chi connectivity index (χ4v) is 3.69. The number of imide groups is 1. The zero-order valence-electron chi connectivity index (χ0n) is 14.2. The van der Waals surface area contributed by atoms with Gasteiger partial charge in [-0.25, -0.2) is 0 Å². The lowest BCUT2D eigenvalue weighted by atomic mass is 9.94. The molecule has 6 nitrogen and oxygen atoms in total. The fraction of sp³-hybridized carbons (Fsp3) is 0.500. The second kappa shape index (κ2) is 7.54. The molecule has 1 N–H and O–H groups in total. The quantitative estimate of drug-likeness (QED) is 0.821. The van der Waals surface area contributed by atoms with Crippen molar-refractivity contribution >= 4 is 29.3 Å². The number of nitrogens with zero attached hydrogens (tertiary/aromatic N) is 2. The van der Waals surface area contributed by atoms with E-state index >= 15 is 0 Å². The molecule has 2 fully saturated rings. The van der Waals surface area contributed by atoms with Crippen molar-refractivity contribution < 1.29 is 14.4 Å². The summed E-state index contributed by atoms with van der Waals surface area (Å²) >= 11 is 5.87. The minimum Gasteiger partial charge on any atom is -0.359 e. The predicted molar refractivity (Wildman–Crippen MR) is 93.8 cm³/mol. The van der Waals surface area contributed by atoms with Crippen molar-refractivity contribution in [1.82, 2.24) is 15.1 Å². The number of carbonyl (C=O) groups is 3. The first kappa shape index (κ1) is 17.9. The molecule has 0 radical (unpaired) electrons. The number of piperidine rings is 1. The van der Waals surface area contributed by atoms with Crippen LogP contribution in [-0.4, -0.2) is 53.7 Å². The maximum Gasteiger partial charge on any atom is 0.247 e. The van der Waals surface area contributed by atoms with Gasteiger partial charge in [0.1, 0.15) is 0 Å². The van der Waals surface area contributed by atoms with Crippen molar-refractivity contribution in [3.05, 3.63) is 34.9 Å². The van der Waals surface area contributed by atoms with Crippen molar-refractivity contribution in [2.45, 2.75) is 31.8 Å². The van der Waals surface area contributed by atoms with Gasteiger partial charge in [0.25, 0.3) is 0 Å². The normalized spacial score (nSPS) is 22.5. The second-order valence-corrected chi connectivity index (χ2v) is 7.03. The van der Waals surface area contributed by atoms with Gasteiger partial charge in [0, 0.05) is 18.0 Å². The van der Waals surface area contributed by atoms with Gasteiger partial charge in [-0.2, -0.15) is 0 Å². The molecule has 0 bridgehead atoms. The summed E-state index contributed by atoms with van der Waals surface area (Å²) < 4.78 is 0. The molecule has 3 amide bonds. The summed E-state index contributed by atoms with van der Waals surface area (Å²) in [6, 6.07) is 6.76. The van der Waals surface area contributed by atoms with E-state index in [9.17, 15) is 14.4 Å². The molecule has 1 aromatic carbocycles. The Labute approximate surface area is 152 Å². The Morgan fingerprint density at radius 3 is 2.44 bits per heavy atom. The van der Waals surface area contributed by atoms with E-state index in [0.29, 0.717) is 18.1 Å². The Hall–Kier alpha value is -1.92. The van der Waals surface area contributed by atoms with Gasteiger partial charge < -0.3 is 5.32 Å². The van der Waals surface area contributed by atoms with E-state index in [1.807, 2.05) is 17.0 Å². The van der Waals surface area contributed by atoms with Crippen molar-refractivity contribution in [3.8, 4) is 0 Å². The second-order valence-electron chi connectivity index (χ2n) is 6.59. The van der Waals surface area contributed by atoms with E-state index in [4.69, 9.17) is 11.6 Å². The molecular formula is C18H22ClN3O3. The van der Waals surface area contributed by atoms with Crippen molar-refractivity contribution in [2.75, 3.05) is 20.1 Å². The molecule has 2 aliphatic rings. The number of benzene rings is 1. The lowest BCUT2D eigenvalue weighted by Gasteiger charge is -2.34. The van der Waals surface area contributed by atoms with Crippen LogP contribution in [0.3, 0.4) is 0 Å². The number of amides is 3. The Morgan fingerprint density at radius 2 is 1.84 bits per heavy atom. The van der Waals surface area contributed by atoms with E-state index in [1.54, 1.807) is 19.2 Å². The van der Waals surface area contributed by atoms with Gasteiger partial charge in [-0.3, -0.25) is 24.2 Å². The van der Waals surface area contributed by atoms with Crippen LogP contribution in [0, 0.1) is 5.92 Å². The fourth-order valence-electron chi connectivity index (χ4n) is 3.57. The first-order valence-corrected chi connectivity index (χ1v) is 8.91. The van der Waals surface area contributed by atoms with E-state index in [0.717, 1.165) is 18.4 Å².